The van der Waals surface area contributed by atoms with Gasteiger partial charge in [0.1, 0.15) is 12.2 Å². The third-order valence-corrected chi connectivity index (χ3v) is 2.69. The Balaban J connectivity index is 2.12. The summed E-state index contributed by atoms with van der Waals surface area (Å²) in [6.45, 7) is 0.0715. The van der Waals surface area contributed by atoms with Crippen LogP contribution in [0.25, 0.3) is 0 Å². The van der Waals surface area contributed by atoms with Gasteiger partial charge in [-0.25, -0.2) is 5.10 Å². The Morgan fingerprint density at radius 1 is 1.44 bits per heavy atom. The molecular formula is C11H13N3O4. The minimum Gasteiger partial charge on any atom is -0.480 e. The number of carboxylic acids is 1. The lowest BCUT2D eigenvalue weighted by Crippen LogP contribution is -2.38. The summed E-state index contributed by atoms with van der Waals surface area (Å²) >= 11 is 0. The van der Waals surface area contributed by atoms with Crippen molar-refractivity contribution in [2.24, 2.45) is 5.92 Å². The third-order valence-electron chi connectivity index (χ3n) is 2.69. The summed E-state index contributed by atoms with van der Waals surface area (Å²) in [5, 5.41) is 14.6. The average Bonchev–Trinajstić information content (AvgIpc) is 3.12. The van der Waals surface area contributed by atoms with Gasteiger partial charge in [-0.2, -0.15) is 5.10 Å². The molecule has 1 aliphatic rings. The van der Waals surface area contributed by atoms with E-state index in [-0.39, 0.29) is 12.2 Å². The van der Waals surface area contributed by atoms with Crippen molar-refractivity contribution in [2.45, 2.75) is 12.8 Å². The van der Waals surface area contributed by atoms with Crippen LogP contribution in [0.15, 0.2) is 16.9 Å². The molecule has 0 saturated heterocycles. The van der Waals surface area contributed by atoms with Gasteiger partial charge >= 0.3 is 5.97 Å². The highest BCUT2D eigenvalue weighted by atomic mass is 16.4. The first-order valence-electron chi connectivity index (χ1n) is 5.63. The van der Waals surface area contributed by atoms with Crippen LogP contribution < -0.4 is 5.56 Å². The molecule has 2 N–H and O–H groups in total. The van der Waals surface area contributed by atoms with Crippen LogP contribution in [0.1, 0.15) is 23.3 Å². The number of carbonyl (C=O) groups excluding carboxylic acids is 1. The summed E-state index contributed by atoms with van der Waals surface area (Å²) < 4.78 is 0. The number of carbonyl (C=O) groups is 2. The molecule has 0 unspecified atom stereocenters. The van der Waals surface area contributed by atoms with E-state index in [0.29, 0.717) is 12.5 Å². The first-order chi connectivity index (χ1) is 8.56. The number of amides is 1. The Kier molecular flexibility index (Phi) is 3.40. The molecule has 7 nitrogen and oxygen atoms in total. The summed E-state index contributed by atoms with van der Waals surface area (Å²) in [5.41, 5.74) is -0.352. The predicted molar refractivity (Wildman–Crippen MR) is 61.1 cm³/mol. The molecule has 0 atom stereocenters. The van der Waals surface area contributed by atoms with Gasteiger partial charge in [-0.3, -0.25) is 14.4 Å². The molecule has 0 bridgehead atoms. The lowest BCUT2D eigenvalue weighted by Gasteiger charge is -2.19. The lowest BCUT2D eigenvalue weighted by molar-refractivity contribution is -0.137. The largest absolute Gasteiger partial charge is 0.480 e. The summed E-state index contributed by atoms with van der Waals surface area (Å²) in [6.07, 6.45) is 2.03. The highest BCUT2D eigenvalue weighted by Gasteiger charge is 2.28. The van der Waals surface area contributed by atoms with Gasteiger partial charge in [-0.1, -0.05) is 0 Å². The van der Waals surface area contributed by atoms with E-state index >= 15 is 0 Å². The van der Waals surface area contributed by atoms with Crippen LogP contribution in [0.2, 0.25) is 0 Å². The van der Waals surface area contributed by atoms with Crippen LogP contribution in [0.5, 0.6) is 0 Å². The van der Waals surface area contributed by atoms with E-state index in [0.717, 1.165) is 12.8 Å². The smallest absolute Gasteiger partial charge is 0.323 e. The predicted octanol–water partition coefficient (Wildman–Crippen LogP) is -0.293. The van der Waals surface area contributed by atoms with Crippen LogP contribution >= 0.6 is 0 Å². The van der Waals surface area contributed by atoms with Gasteiger partial charge in [-0.15, -0.1) is 0 Å². The number of nitrogens with one attached hydrogen (secondary N) is 1. The van der Waals surface area contributed by atoms with E-state index < -0.39 is 17.4 Å². The van der Waals surface area contributed by atoms with Crippen LogP contribution in [0.3, 0.4) is 0 Å². The van der Waals surface area contributed by atoms with Gasteiger partial charge in [0, 0.05) is 12.6 Å². The molecule has 1 heterocycles. The van der Waals surface area contributed by atoms with Crippen molar-refractivity contribution >= 4 is 11.9 Å². The van der Waals surface area contributed by atoms with Crippen molar-refractivity contribution in [3.8, 4) is 0 Å². The fourth-order valence-corrected chi connectivity index (χ4v) is 1.62. The van der Waals surface area contributed by atoms with Gasteiger partial charge in [0.05, 0.1) is 0 Å². The van der Waals surface area contributed by atoms with Crippen molar-refractivity contribution in [1.82, 2.24) is 15.1 Å². The Bertz CT molecular complexity index is 501. The maximum atomic E-state index is 12.0. The highest BCUT2D eigenvalue weighted by molar-refractivity contribution is 5.93. The Hall–Kier alpha value is -2.18. The van der Waals surface area contributed by atoms with Gasteiger partial charge in [0.2, 0.25) is 0 Å². The summed E-state index contributed by atoms with van der Waals surface area (Å²) in [5.74, 6) is -1.15. The Morgan fingerprint density at radius 3 is 2.67 bits per heavy atom. The molecule has 1 aliphatic carbocycles. The molecule has 0 aromatic carbocycles. The molecule has 1 aromatic heterocycles. The Labute approximate surface area is 102 Å². The molecule has 96 valence electrons. The molecule has 1 saturated carbocycles. The zero-order valence-corrected chi connectivity index (χ0v) is 9.63. The van der Waals surface area contributed by atoms with Gasteiger partial charge in [0.25, 0.3) is 11.5 Å². The molecule has 2 rings (SSSR count). The summed E-state index contributed by atoms with van der Waals surface area (Å²) in [4.78, 5) is 34.9. The van der Waals surface area contributed by atoms with Crippen LogP contribution in [0, 0.1) is 5.92 Å². The van der Waals surface area contributed by atoms with Crippen molar-refractivity contribution in [1.29, 1.82) is 0 Å². The number of hydrogen-bond acceptors (Lipinski definition) is 4. The van der Waals surface area contributed by atoms with Gasteiger partial charge in [0.15, 0.2) is 0 Å². The quantitative estimate of drug-likeness (QED) is 0.748. The van der Waals surface area contributed by atoms with Crippen molar-refractivity contribution in [3.63, 3.8) is 0 Å². The van der Waals surface area contributed by atoms with E-state index in [2.05, 4.69) is 10.2 Å². The number of aromatic amines is 1. The minimum absolute atomic E-state index is 0.0523. The topological polar surface area (TPSA) is 103 Å². The monoisotopic (exact) mass is 251 g/mol. The maximum absolute atomic E-state index is 12.0. The van der Waals surface area contributed by atoms with Crippen LogP contribution in [-0.4, -0.2) is 45.2 Å². The van der Waals surface area contributed by atoms with Gasteiger partial charge in [-0.05, 0) is 24.8 Å². The number of hydrogen-bond donors (Lipinski definition) is 2. The fourth-order valence-electron chi connectivity index (χ4n) is 1.62. The second-order valence-corrected chi connectivity index (χ2v) is 4.33. The second kappa shape index (κ2) is 4.99. The Morgan fingerprint density at radius 2 is 2.17 bits per heavy atom. The summed E-state index contributed by atoms with van der Waals surface area (Å²) in [6, 6.07) is 2.49. The minimum atomic E-state index is -1.06. The van der Waals surface area contributed by atoms with Crippen molar-refractivity contribution in [3.05, 3.63) is 28.2 Å². The molecule has 1 fully saturated rings. The zero-order chi connectivity index (χ0) is 13.1. The zero-order valence-electron chi connectivity index (χ0n) is 9.63. The van der Waals surface area contributed by atoms with E-state index in [1.807, 2.05) is 0 Å². The summed E-state index contributed by atoms with van der Waals surface area (Å²) in [7, 11) is 0. The van der Waals surface area contributed by atoms with E-state index in [9.17, 15) is 14.4 Å². The van der Waals surface area contributed by atoms with E-state index in [4.69, 9.17) is 5.11 Å². The number of aromatic nitrogens is 2. The molecule has 0 aliphatic heterocycles. The van der Waals surface area contributed by atoms with Crippen molar-refractivity contribution in [2.75, 3.05) is 13.1 Å². The lowest BCUT2D eigenvalue weighted by atomic mass is 10.3. The number of H-pyrrole nitrogens is 1. The fraction of sp³-hybridized carbons (Fsp3) is 0.455. The number of rotatable bonds is 5. The number of nitrogens with zero attached hydrogens (tertiary/aromatic N) is 2. The van der Waals surface area contributed by atoms with Crippen molar-refractivity contribution < 1.29 is 14.7 Å². The highest BCUT2D eigenvalue weighted by Crippen LogP contribution is 2.29. The molecule has 1 aromatic rings. The van der Waals surface area contributed by atoms with E-state index in [1.165, 1.54) is 17.0 Å². The number of aliphatic carboxylic acids is 1. The third kappa shape index (κ3) is 3.16. The first-order valence-corrected chi connectivity index (χ1v) is 5.63. The SMILES string of the molecule is O=C(O)CN(CC1CC1)C(=O)c1ccc(=O)[nH]n1. The first kappa shape index (κ1) is 12.3. The van der Waals surface area contributed by atoms with Crippen LogP contribution in [-0.2, 0) is 4.79 Å². The molecule has 0 radical (unpaired) electrons. The normalized spacial score (nSPS) is 14.2. The maximum Gasteiger partial charge on any atom is 0.323 e. The average molecular weight is 251 g/mol. The van der Waals surface area contributed by atoms with Crippen LogP contribution in [0.4, 0.5) is 0 Å². The van der Waals surface area contributed by atoms with Gasteiger partial charge < -0.3 is 10.0 Å². The standard InChI is InChI=1S/C11H13N3O4/c15-9-4-3-8(12-13-9)11(18)14(6-10(16)17)5-7-1-2-7/h3-4,7H,1-2,5-6H2,(H,13,15)(H,16,17). The molecule has 1 amide bonds. The van der Waals surface area contributed by atoms with E-state index in [1.54, 1.807) is 0 Å². The molecule has 18 heavy (non-hydrogen) atoms. The molecule has 0 spiro atoms. The number of carboxylic acid groups (broad SMARTS) is 1. The molecular weight excluding hydrogens is 238 g/mol. The molecule has 7 heteroatoms. The second-order valence-electron chi connectivity index (χ2n) is 4.33.